The zero-order chi connectivity index (χ0) is 17.5. The topological polar surface area (TPSA) is 138 Å². The van der Waals surface area contributed by atoms with Gasteiger partial charge in [0, 0.05) is 13.5 Å². The van der Waals surface area contributed by atoms with Gasteiger partial charge in [-0.05, 0) is 18.2 Å². The van der Waals surface area contributed by atoms with Crippen LogP contribution in [0.25, 0.3) is 11.2 Å². The number of imidazole rings is 1. The Hall–Kier alpha value is -1.36. The van der Waals surface area contributed by atoms with Crippen LogP contribution in [0, 0.1) is 0 Å². The summed E-state index contributed by atoms with van der Waals surface area (Å²) in [5, 5.41) is 0. The maximum absolute atomic E-state index is 11.9. The highest BCUT2D eigenvalue weighted by Crippen LogP contribution is 2.48. The molecule has 3 rings (SSSR count). The van der Waals surface area contributed by atoms with Crippen molar-refractivity contribution in [2.75, 3.05) is 12.8 Å². The quantitative estimate of drug-likeness (QED) is 0.643. The van der Waals surface area contributed by atoms with Crippen LogP contribution in [-0.2, 0) is 25.6 Å². The first-order valence-electron chi connectivity index (χ1n) is 7.29. The van der Waals surface area contributed by atoms with E-state index in [1.54, 1.807) is 4.57 Å². The molecular weight excluding hydrogens is 357 g/mol. The van der Waals surface area contributed by atoms with Crippen molar-refractivity contribution in [1.82, 2.24) is 19.5 Å². The van der Waals surface area contributed by atoms with Crippen molar-refractivity contribution in [2.45, 2.75) is 38.2 Å². The molecule has 1 saturated heterocycles. The number of H-pyrrole nitrogens is 1. The van der Waals surface area contributed by atoms with E-state index in [1.807, 2.05) is 6.92 Å². The fraction of sp³-hybridized carbons (Fsp3) is 0.583. The number of nitrogen functional groups attached to an aromatic ring is 1. The molecule has 1 unspecified atom stereocenters. The van der Waals surface area contributed by atoms with Gasteiger partial charge in [-0.25, -0.2) is 4.98 Å². The van der Waals surface area contributed by atoms with Gasteiger partial charge in [0.2, 0.25) is 5.95 Å². The molecular formula is C12H18N5O5PS. The van der Waals surface area contributed by atoms with E-state index in [1.165, 1.54) is 13.4 Å². The monoisotopic (exact) mass is 375 g/mol. The Kier molecular flexibility index (Phi) is 4.73. The van der Waals surface area contributed by atoms with Crippen molar-refractivity contribution in [3.8, 4) is 0 Å². The average molecular weight is 375 g/mol. The third-order valence-corrected chi connectivity index (χ3v) is 5.55. The molecule has 132 valence electrons. The molecule has 1 aliphatic rings. The number of fused-ring (bicyclic) bond motifs is 1. The lowest BCUT2D eigenvalue weighted by Gasteiger charge is -2.21. The normalized spacial score (nSPS) is 26.7. The molecule has 0 bridgehead atoms. The van der Waals surface area contributed by atoms with Crippen molar-refractivity contribution in [2.24, 2.45) is 0 Å². The molecule has 0 saturated carbocycles. The fourth-order valence-electron chi connectivity index (χ4n) is 2.71. The van der Waals surface area contributed by atoms with Gasteiger partial charge >= 0.3 is 6.72 Å². The summed E-state index contributed by atoms with van der Waals surface area (Å²) in [5.74, 6) is -0.00247. The summed E-state index contributed by atoms with van der Waals surface area (Å²) in [6.07, 6.45) is 1.34. The highest BCUT2D eigenvalue weighted by molar-refractivity contribution is 8.07. The molecule has 0 spiro atoms. The Morgan fingerprint density at radius 3 is 3.08 bits per heavy atom. The number of aromatic nitrogens is 4. The SMILES string of the molecule is CC[C@H]1O[C@@H](n2cnc3c(=O)[nH]c(N)nc32)CC1O[P@](O)(=S)OC. The molecule has 4 atom stereocenters. The average Bonchev–Trinajstić information content (AvgIpc) is 3.10. The molecule has 0 aromatic carbocycles. The largest absolute Gasteiger partial charge is 0.369 e. The van der Waals surface area contributed by atoms with E-state index in [4.69, 9.17) is 31.3 Å². The van der Waals surface area contributed by atoms with E-state index in [0.29, 0.717) is 18.5 Å². The minimum Gasteiger partial charge on any atom is -0.369 e. The first kappa shape index (κ1) is 17.5. The number of nitrogens with zero attached hydrogens (tertiary/aromatic N) is 3. The maximum Gasteiger partial charge on any atom is 0.324 e. The van der Waals surface area contributed by atoms with Gasteiger partial charge in [-0.15, -0.1) is 0 Å². The molecule has 1 fully saturated rings. The van der Waals surface area contributed by atoms with E-state index in [2.05, 4.69) is 15.0 Å². The van der Waals surface area contributed by atoms with E-state index >= 15 is 0 Å². The summed E-state index contributed by atoms with van der Waals surface area (Å²) in [6.45, 7) is -1.37. The molecule has 24 heavy (non-hydrogen) atoms. The van der Waals surface area contributed by atoms with Crippen LogP contribution < -0.4 is 11.3 Å². The van der Waals surface area contributed by atoms with Gasteiger partial charge in [-0.1, -0.05) is 6.92 Å². The van der Waals surface area contributed by atoms with Gasteiger partial charge in [0.15, 0.2) is 11.2 Å². The zero-order valence-corrected chi connectivity index (χ0v) is 14.8. The van der Waals surface area contributed by atoms with E-state index in [-0.39, 0.29) is 17.6 Å². The molecule has 2 aromatic heterocycles. The molecule has 10 nitrogen and oxygen atoms in total. The van der Waals surface area contributed by atoms with Crippen LogP contribution >= 0.6 is 6.72 Å². The second-order valence-electron chi connectivity index (χ2n) is 5.34. The van der Waals surface area contributed by atoms with Crippen molar-refractivity contribution < 1.29 is 18.7 Å². The second-order valence-corrected chi connectivity index (χ2v) is 8.24. The maximum atomic E-state index is 11.9. The Bertz CT molecular complexity index is 854. The van der Waals surface area contributed by atoms with Crippen LogP contribution in [0.1, 0.15) is 26.0 Å². The zero-order valence-electron chi connectivity index (χ0n) is 13.1. The smallest absolute Gasteiger partial charge is 0.324 e. The third kappa shape index (κ3) is 3.23. The number of rotatable bonds is 5. The summed E-state index contributed by atoms with van der Waals surface area (Å²) in [7, 11) is 1.30. The van der Waals surface area contributed by atoms with Gasteiger partial charge in [0.1, 0.15) is 6.23 Å². The number of hydrogen-bond donors (Lipinski definition) is 3. The van der Waals surface area contributed by atoms with Crippen LogP contribution in [0.3, 0.4) is 0 Å². The van der Waals surface area contributed by atoms with Crippen LogP contribution in [0.2, 0.25) is 0 Å². The van der Waals surface area contributed by atoms with Crippen LogP contribution in [0.5, 0.6) is 0 Å². The minimum atomic E-state index is -3.30. The van der Waals surface area contributed by atoms with Gasteiger partial charge in [-0.2, -0.15) is 4.98 Å². The minimum absolute atomic E-state index is 0.00247. The lowest BCUT2D eigenvalue weighted by molar-refractivity contribution is -0.0163. The van der Waals surface area contributed by atoms with Gasteiger partial charge in [0.25, 0.3) is 5.56 Å². The molecule has 2 aromatic rings. The number of nitrogens with one attached hydrogen (secondary N) is 1. The Balaban J connectivity index is 1.91. The lowest BCUT2D eigenvalue weighted by atomic mass is 10.1. The molecule has 1 aliphatic heterocycles. The number of nitrogens with two attached hydrogens (primary N) is 1. The lowest BCUT2D eigenvalue weighted by Crippen LogP contribution is -2.22. The third-order valence-electron chi connectivity index (χ3n) is 3.84. The first-order valence-corrected chi connectivity index (χ1v) is 9.88. The van der Waals surface area contributed by atoms with Crippen molar-refractivity contribution >= 4 is 35.6 Å². The summed E-state index contributed by atoms with van der Waals surface area (Å²) in [6, 6.07) is 0. The molecule has 3 heterocycles. The molecule has 0 aliphatic carbocycles. The fourth-order valence-corrected chi connectivity index (χ4v) is 3.69. The van der Waals surface area contributed by atoms with Crippen molar-refractivity contribution in [1.29, 1.82) is 0 Å². The summed E-state index contributed by atoms with van der Waals surface area (Å²) in [4.78, 5) is 32.3. The van der Waals surface area contributed by atoms with Gasteiger partial charge in [0.05, 0.1) is 18.5 Å². The predicted octanol–water partition coefficient (Wildman–Crippen LogP) is 0.648. The predicted molar refractivity (Wildman–Crippen MR) is 89.8 cm³/mol. The highest BCUT2D eigenvalue weighted by Gasteiger charge is 2.39. The van der Waals surface area contributed by atoms with Crippen molar-refractivity contribution in [3.63, 3.8) is 0 Å². The number of aromatic amines is 1. The van der Waals surface area contributed by atoms with E-state index in [0.717, 1.165) is 0 Å². The first-order chi connectivity index (χ1) is 11.3. The number of ether oxygens (including phenoxy) is 1. The Morgan fingerprint density at radius 1 is 1.67 bits per heavy atom. The molecule has 0 radical (unpaired) electrons. The second kappa shape index (κ2) is 6.51. The van der Waals surface area contributed by atoms with E-state index < -0.39 is 24.6 Å². The van der Waals surface area contributed by atoms with E-state index in [9.17, 15) is 9.69 Å². The Labute approximate surface area is 142 Å². The standard InChI is InChI=1S/C12H18N5O5PS/c1-3-6-7(22-23(19,24)20-2)4-8(21-6)17-5-14-9-10(17)15-12(13)16-11(9)18/h5-8H,3-4H2,1-2H3,(H,19,24)(H3,13,15,16,18)/t6-,7?,8-,23-/m1/s1. The van der Waals surface area contributed by atoms with Gasteiger partial charge in [-0.3, -0.25) is 14.3 Å². The summed E-state index contributed by atoms with van der Waals surface area (Å²) in [5.41, 5.74) is 5.69. The molecule has 4 N–H and O–H groups in total. The Morgan fingerprint density at radius 2 is 2.42 bits per heavy atom. The summed E-state index contributed by atoms with van der Waals surface area (Å²) >= 11 is 4.91. The van der Waals surface area contributed by atoms with Crippen LogP contribution in [0.4, 0.5) is 5.95 Å². The van der Waals surface area contributed by atoms with Gasteiger partial charge < -0.3 is 24.4 Å². The van der Waals surface area contributed by atoms with Crippen LogP contribution in [0.15, 0.2) is 11.1 Å². The van der Waals surface area contributed by atoms with Crippen LogP contribution in [-0.4, -0.2) is 43.7 Å². The van der Waals surface area contributed by atoms with Crippen molar-refractivity contribution in [3.05, 3.63) is 16.7 Å². The summed E-state index contributed by atoms with van der Waals surface area (Å²) < 4.78 is 17.9. The molecule has 0 amide bonds. The number of anilines is 1. The number of hydrogen-bond acceptors (Lipinski definition) is 8. The highest BCUT2D eigenvalue weighted by atomic mass is 32.5. The molecule has 12 heteroatoms.